The third-order valence-electron chi connectivity index (χ3n) is 2.91. The summed E-state index contributed by atoms with van der Waals surface area (Å²) in [6.07, 6.45) is 6.28. The molecule has 0 aromatic rings. The van der Waals surface area contributed by atoms with Gasteiger partial charge in [0, 0.05) is 5.57 Å². The van der Waals surface area contributed by atoms with E-state index in [1.54, 1.807) is 0 Å². The van der Waals surface area contributed by atoms with Gasteiger partial charge in [0.05, 0.1) is 12.1 Å². The lowest BCUT2D eigenvalue weighted by atomic mass is 9.92. The molecule has 15 heavy (non-hydrogen) atoms. The topological polar surface area (TPSA) is 49.3 Å². The lowest BCUT2D eigenvalue weighted by molar-refractivity contribution is -0.119. The molecule has 1 saturated carbocycles. The summed E-state index contributed by atoms with van der Waals surface area (Å²) in [5, 5.41) is 12.6. The van der Waals surface area contributed by atoms with Crippen molar-refractivity contribution in [3.63, 3.8) is 0 Å². The molecule has 2 atom stereocenters. The first kappa shape index (κ1) is 12.2. The second-order valence-corrected chi connectivity index (χ2v) is 4.23. The molecule has 0 aromatic heterocycles. The monoisotopic (exact) mass is 211 g/mol. The molecule has 0 radical (unpaired) electrons. The van der Waals surface area contributed by atoms with E-state index in [9.17, 15) is 9.90 Å². The van der Waals surface area contributed by atoms with Crippen LogP contribution in [-0.4, -0.2) is 23.2 Å². The van der Waals surface area contributed by atoms with Gasteiger partial charge in [-0.1, -0.05) is 25.8 Å². The maximum atomic E-state index is 11.7. The number of allylic oxidation sites excluding steroid dienone is 1. The number of carbonyl (C=O) groups excluding carboxylic acids is 1. The highest BCUT2D eigenvalue weighted by atomic mass is 16.3. The van der Waals surface area contributed by atoms with Crippen molar-refractivity contribution < 1.29 is 9.90 Å². The third kappa shape index (κ3) is 3.67. The van der Waals surface area contributed by atoms with E-state index in [-0.39, 0.29) is 18.1 Å². The van der Waals surface area contributed by atoms with Gasteiger partial charge in [0.1, 0.15) is 0 Å². The van der Waals surface area contributed by atoms with E-state index < -0.39 is 0 Å². The van der Waals surface area contributed by atoms with Crippen LogP contribution in [0.25, 0.3) is 0 Å². The molecule has 0 aliphatic heterocycles. The van der Waals surface area contributed by atoms with Gasteiger partial charge in [0.25, 0.3) is 0 Å². The van der Waals surface area contributed by atoms with Crippen molar-refractivity contribution in [1.29, 1.82) is 0 Å². The van der Waals surface area contributed by atoms with Crippen LogP contribution in [-0.2, 0) is 4.79 Å². The van der Waals surface area contributed by atoms with Crippen LogP contribution in [0.3, 0.4) is 0 Å². The predicted octanol–water partition coefficient (Wildman–Crippen LogP) is 1.76. The number of amides is 1. The van der Waals surface area contributed by atoms with Crippen molar-refractivity contribution in [3.05, 3.63) is 11.6 Å². The van der Waals surface area contributed by atoms with E-state index in [0.717, 1.165) is 37.7 Å². The zero-order valence-electron chi connectivity index (χ0n) is 9.62. The molecule has 86 valence electrons. The first-order valence-corrected chi connectivity index (χ1v) is 5.80. The predicted molar refractivity (Wildman–Crippen MR) is 60.5 cm³/mol. The van der Waals surface area contributed by atoms with Crippen LogP contribution in [0.15, 0.2) is 11.6 Å². The summed E-state index contributed by atoms with van der Waals surface area (Å²) in [6, 6.07) is -0.0496. The van der Waals surface area contributed by atoms with E-state index in [4.69, 9.17) is 0 Å². The number of carbonyl (C=O) groups is 1. The molecule has 3 nitrogen and oxygen atoms in total. The van der Waals surface area contributed by atoms with E-state index >= 15 is 0 Å². The third-order valence-corrected chi connectivity index (χ3v) is 2.91. The van der Waals surface area contributed by atoms with Crippen molar-refractivity contribution in [1.82, 2.24) is 5.32 Å². The Morgan fingerprint density at radius 2 is 2.13 bits per heavy atom. The summed E-state index contributed by atoms with van der Waals surface area (Å²) < 4.78 is 0. The fourth-order valence-electron chi connectivity index (χ4n) is 1.96. The second-order valence-electron chi connectivity index (χ2n) is 4.23. The number of hydrogen-bond acceptors (Lipinski definition) is 2. The fraction of sp³-hybridized carbons (Fsp3) is 0.750. The Balaban J connectivity index is 2.46. The molecule has 0 aromatic carbocycles. The molecule has 2 N–H and O–H groups in total. The van der Waals surface area contributed by atoms with Gasteiger partial charge in [-0.25, -0.2) is 0 Å². The molecule has 0 heterocycles. The molecular weight excluding hydrogens is 190 g/mol. The minimum atomic E-state index is -0.364. The lowest BCUT2D eigenvalue weighted by Crippen LogP contribution is -2.45. The fourth-order valence-corrected chi connectivity index (χ4v) is 1.96. The van der Waals surface area contributed by atoms with Crippen LogP contribution in [0.5, 0.6) is 0 Å². The number of nitrogens with one attached hydrogen (secondary N) is 1. The average Bonchev–Trinajstić information content (AvgIpc) is 2.21. The van der Waals surface area contributed by atoms with Crippen LogP contribution in [0.4, 0.5) is 0 Å². The number of hydrogen-bond donors (Lipinski definition) is 2. The van der Waals surface area contributed by atoms with E-state index in [0.29, 0.717) is 0 Å². The maximum absolute atomic E-state index is 11.7. The molecular formula is C12H21NO2. The summed E-state index contributed by atoms with van der Waals surface area (Å²) in [7, 11) is 0. The molecule has 3 heteroatoms. The zero-order valence-corrected chi connectivity index (χ0v) is 9.62. The van der Waals surface area contributed by atoms with E-state index in [1.807, 2.05) is 19.9 Å². The Morgan fingerprint density at radius 3 is 2.73 bits per heavy atom. The number of aliphatic hydroxyl groups is 1. The molecule has 0 bridgehead atoms. The van der Waals surface area contributed by atoms with Gasteiger partial charge >= 0.3 is 0 Å². The van der Waals surface area contributed by atoms with Crippen molar-refractivity contribution in [2.75, 3.05) is 0 Å². The van der Waals surface area contributed by atoms with E-state index in [2.05, 4.69) is 5.32 Å². The van der Waals surface area contributed by atoms with Crippen LogP contribution in [0, 0.1) is 0 Å². The largest absolute Gasteiger partial charge is 0.391 e. The maximum Gasteiger partial charge on any atom is 0.246 e. The molecule has 1 fully saturated rings. The molecule has 0 unspecified atom stereocenters. The van der Waals surface area contributed by atoms with Crippen molar-refractivity contribution in [2.24, 2.45) is 0 Å². The first-order chi connectivity index (χ1) is 7.15. The van der Waals surface area contributed by atoms with Gasteiger partial charge < -0.3 is 10.4 Å². The van der Waals surface area contributed by atoms with Gasteiger partial charge in [-0.3, -0.25) is 4.79 Å². The Hall–Kier alpha value is -0.830. The Bertz CT molecular complexity index is 248. The van der Waals surface area contributed by atoms with Crippen LogP contribution >= 0.6 is 0 Å². The SMILES string of the molecule is CC/C=C(/C)C(=O)N[C@@H]1CCCC[C@H]1O. The quantitative estimate of drug-likeness (QED) is 0.699. The van der Waals surface area contributed by atoms with Crippen LogP contribution in [0.2, 0.25) is 0 Å². The summed E-state index contributed by atoms with van der Waals surface area (Å²) >= 11 is 0. The van der Waals surface area contributed by atoms with Gasteiger partial charge in [-0.2, -0.15) is 0 Å². The Kier molecular flexibility index (Phi) is 4.82. The van der Waals surface area contributed by atoms with E-state index in [1.165, 1.54) is 0 Å². The standard InChI is InChI=1S/C12H21NO2/c1-3-6-9(2)12(15)13-10-7-4-5-8-11(10)14/h6,10-11,14H,3-5,7-8H2,1-2H3,(H,13,15)/b9-6-/t10-,11-/m1/s1. The summed E-state index contributed by atoms with van der Waals surface area (Å²) in [5.41, 5.74) is 0.746. The highest BCUT2D eigenvalue weighted by molar-refractivity contribution is 5.92. The Labute approximate surface area is 91.6 Å². The minimum absolute atomic E-state index is 0.0391. The molecule has 1 aliphatic carbocycles. The lowest BCUT2D eigenvalue weighted by Gasteiger charge is -2.28. The molecule has 1 aliphatic rings. The molecule has 1 rings (SSSR count). The summed E-state index contributed by atoms with van der Waals surface area (Å²) in [4.78, 5) is 11.7. The van der Waals surface area contributed by atoms with Gasteiger partial charge in [0.2, 0.25) is 5.91 Å². The smallest absolute Gasteiger partial charge is 0.246 e. The highest BCUT2D eigenvalue weighted by Gasteiger charge is 2.24. The molecule has 1 amide bonds. The van der Waals surface area contributed by atoms with Gasteiger partial charge in [-0.05, 0) is 26.2 Å². The van der Waals surface area contributed by atoms with Gasteiger partial charge in [-0.15, -0.1) is 0 Å². The highest BCUT2D eigenvalue weighted by Crippen LogP contribution is 2.18. The van der Waals surface area contributed by atoms with Gasteiger partial charge in [0.15, 0.2) is 0 Å². The average molecular weight is 211 g/mol. The summed E-state index contributed by atoms with van der Waals surface area (Å²) in [5.74, 6) is -0.0391. The van der Waals surface area contributed by atoms with Crippen LogP contribution in [0.1, 0.15) is 46.0 Å². The van der Waals surface area contributed by atoms with Crippen LogP contribution < -0.4 is 5.32 Å². The zero-order chi connectivity index (χ0) is 11.3. The van der Waals surface area contributed by atoms with Crippen molar-refractivity contribution in [3.8, 4) is 0 Å². The Morgan fingerprint density at radius 1 is 1.47 bits per heavy atom. The van der Waals surface area contributed by atoms with Crippen molar-refractivity contribution >= 4 is 5.91 Å². The second kappa shape index (κ2) is 5.91. The summed E-state index contributed by atoms with van der Waals surface area (Å²) in [6.45, 7) is 3.82. The number of rotatable bonds is 3. The molecule has 0 spiro atoms. The van der Waals surface area contributed by atoms with Crippen molar-refractivity contribution in [2.45, 2.75) is 58.1 Å². The number of aliphatic hydroxyl groups excluding tert-OH is 1. The molecule has 0 saturated heterocycles. The first-order valence-electron chi connectivity index (χ1n) is 5.80. The minimum Gasteiger partial charge on any atom is -0.391 e. The normalized spacial score (nSPS) is 27.5.